The maximum Gasteiger partial charge on any atom is 0.265 e. The van der Waals surface area contributed by atoms with Crippen molar-refractivity contribution in [1.82, 2.24) is 0 Å². The molecule has 1 N–H and O–H groups in total. The zero-order valence-electron chi connectivity index (χ0n) is 14.8. The minimum Gasteiger partial charge on any atom is -0.321 e. The molecule has 0 radical (unpaired) electrons. The Labute approximate surface area is 167 Å². The summed E-state index contributed by atoms with van der Waals surface area (Å²) in [5.41, 5.74) is 2.78. The quantitative estimate of drug-likeness (QED) is 0.605. The van der Waals surface area contributed by atoms with Crippen molar-refractivity contribution < 1.29 is 13.2 Å². The van der Waals surface area contributed by atoms with Crippen LogP contribution in [0, 0.1) is 6.92 Å². The molecule has 0 saturated heterocycles. The third-order valence-corrected chi connectivity index (χ3v) is 7.77. The van der Waals surface area contributed by atoms with Crippen LogP contribution in [-0.4, -0.2) is 14.3 Å². The highest BCUT2D eigenvalue weighted by molar-refractivity contribution is 7.93. The molecule has 0 aliphatic carbocycles. The Morgan fingerprint density at radius 1 is 1.07 bits per heavy atom. The second kappa shape index (κ2) is 7.84. The molecule has 0 saturated carbocycles. The van der Waals surface area contributed by atoms with Gasteiger partial charge in [0.1, 0.15) is 4.21 Å². The number of hydrogen-bond donors (Lipinski definition) is 1. The summed E-state index contributed by atoms with van der Waals surface area (Å²) in [4.78, 5) is 13.1. The maximum absolute atomic E-state index is 12.7. The molecule has 0 aliphatic heterocycles. The van der Waals surface area contributed by atoms with Crippen molar-refractivity contribution in [2.75, 3.05) is 5.32 Å². The van der Waals surface area contributed by atoms with E-state index in [1.54, 1.807) is 0 Å². The van der Waals surface area contributed by atoms with Crippen LogP contribution in [0.2, 0.25) is 5.02 Å². The number of carbonyl (C=O) groups is 1. The topological polar surface area (TPSA) is 63.2 Å². The molecule has 0 fully saturated rings. The lowest BCUT2D eigenvalue weighted by molar-refractivity contribution is 0.103. The number of para-hydroxylation sites is 1. The zero-order valence-corrected chi connectivity index (χ0v) is 17.2. The Hall–Kier alpha value is -2.15. The van der Waals surface area contributed by atoms with Crippen LogP contribution in [0.4, 0.5) is 5.69 Å². The van der Waals surface area contributed by atoms with Crippen molar-refractivity contribution in [2.45, 2.75) is 29.4 Å². The highest BCUT2D eigenvalue weighted by atomic mass is 35.5. The number of thiophene rings is 1. The average Bonchev–Trinajstić information content (AvgIpc) is 3.15. The normalized spacial score (nSPS) is 11.4. The lowest BCUT2D eigenvalue weighted by Gasteiger charge is -2.12. The molecule has 3 aromatic rings. The number of carbonyl (C=O) groups excluding carboxylic acids is 1. The van der Waals surface area contributed by atoms with Gasteiger partial charge in [-0.3, -0.25) is 4.79 Å². The fourth-order valence-corrected chi connectivity index (χ4v) is 5.42. The second-order valence-electron chi connectivity index (χ2n) is 5.99. The molecule has 0 atom stereocenters. The van der Waals surface area contributed by atoms with E-state index in [0.717, 1.165) is 34.6 Å². The first kappa shape index (κ1) is 19.6. The van der Waals surface area contributed by atoms with Gasteiger partial charge in [-0.25, -0.2) is 8.42 Å². The fourth-order valence-electron chi connectivity index (χ4n) is 2.69. The minimum absolute atomic E-state index is 0.121. The zero-order chi connectivity index (χ0) is 19.6. The average molecular weight is 420 g/mol. The molecule has 0 unspecified atom stereocenters. The van der Waals surface area contributed by atoms with E-state index in [1.807, 2.05) is 32.0 Å². The molecule has 1 amide bonds. The predicted molar refractivity (Wildman–Crippen MR) is 110 cm³/mol. The number of nitrogens with one attached hydrogen (secondary N) is 1. The number of amides is 1. The van der Waals surface area contributed by atoms with E-state index in [2.05, 4.69) is 5.32 Å². The summed E-state index contributed by atoms with van der Waals surface area (Å²) in [5.74, 6) is -0.318. The Kier molecular flexibility index (Phi) is 5.69. The summed E-state index contributed by atoms with van der Waals surface area (Å²) in [6.07, 6.45) is 0.790. The van der Waals surface area contributed by atoms with Crippen LogP contribution in [0.5, 0.6) is 0 Å². The fraction of sp³-hybridized carbons (Fsp3) is 0.150. The number of anilines is 1. The van der Waals surface area contributed by atoms with Gasteiger partial charge in [0, 0.05) is 10.7 Å². The summed E-state index contributed by atoms with van der Waals surface area (Å²) in [7, 11) is -3.68. The number of benzene rings is 2. The van der Waals surface area contributed by atoms with Crippen molar-refractivity contribution in [3.63, 3.8) is 0 Å². The maximum atomic E-state index is 12.7. The van der Waals surface area contributed by atoms with Crippen molar-refractivity contribution in [3.05, 3.63) is 75.6 Å². The van der Waals surface area contributed by atoms with Crippen molar-refractivity contribution in [3.8, 4) is 0 Å². The molecule has 4 nitrogen and oxygen atoms in total. The molecule has 1 aromatic heterocycles. The minimum atomic E-state index is -3.68. The predicted octanol–water partition coefficient (Wildman–Crippen LogP) is 5.36. The van der Waals surface area contributed by atoms with Gasteiger partial charge in [0.15, 0.2) is 0 Å². The van der Waals surface area contributed by atoms with E-state index >= 15 is 0 Å². The molecule has 1 heterocycles. The van der Waals surface area contributed by atoms with E-state index in [4.69, 9.17) is 11.6 Å². The van der Waals surface area contributed by atoms with Gasteiger partial charge in [0.05, 0.1) is 9.77 Å². The van der Waals surface area contributed by atoms with Crippen LogP contribution in [0.15, 0.2) is 63.7 Å². The highest BCUT2D eigenvalue weighted by Crippen LogP contribution is 2.30. The molecule has 27 heavy (non-hydrogen) atoms. The number of sulfone groups is 1. The Bertz CT molecular complexity index is 1090. The van der Waals surface area contributed by atoms with E-state index in [0.29, 0.717) is 9.90 Å². The molecule has 0 bridgehead atoms. The van der Waals surface area contributed by atoms with Crippen molar-refractivity contribution in [1.29, 1.82) is 0 Å². The van der Waals surface area contributed by atoms with E-state index < -0.39 is 9.84 Å². The number of rotatable bonds is 5. The van der Waals surface area contributed by atoms with Crippen LogP contribution in [0.25, 0.3) is 0 Å². The molecular weight excluding hydrogens is 402 g/mol. The van der Waals surface area contributed by atoms with Crippen LogP contribution < -0.4 is 5.32 Å². The van der Waals surface area contributed by atoms with E-state index in [1.165, 1.54) is 36.4 Å². The monoisotopic (exact) mass is 419 g/mol. The van der Waals surface area contributed by atoms with Gasteiger partial charge >= 0.3 is 0 Å². The first-order chi connectivity index (χ1) is 12.8. The van der Waals surface area contributed by atoms with Gasteiger partial charge in [0.2, 0.25) is 9.84 Å². The molecule has 7 heteroatoms. The summed E-state index contributed by atoms with van der Waals surface area (Å²) >= 11 is 6.78. The summed E-state index contributed by atoms with van der Waals surface area (Å²) in [6.45, 7) is 3.95. The largest absolute Gasteiger partial charge is 0.321 e. The van der Waals surface area contributed by atoms with Crippen LogP contribution >= 0.6 is 22.9 Å². The van der Waals surface area contributed by atoms with Gasteiger partial charge in [-0.1, -0.05) is 36.7 Å². The lowest BCUT2D eigenvalue weighted by Crippen LogP contribution is -2.12. The summed E-state index contributed by atoms with van der Waals surface area (Å²) in [6, 6.07) is 14.8. The van der Waals surface area contributed by atoms with Gasteiger partial charge in [-0.2, -0.15) is 0 Å². The number of halogens is 1. The van der Waals surface area contributed by atoms with Crippen LogP contribution in [0.3, 0.4) is 0 Å². The van der Waals surface area contributed by atoms with Gasteiger partial charge < -0.3 is 5.32 Å². The van der Waals surface area contributed by atoms with Crippen molar-refractivity contribution in [2.24, 2.45) is 0 Å². The summed E-state index contributed by atoms with van der Waals surface area (Å²) < 4.78 is 25.6. The molecule has 2 aromatic carbocycles. The summed E-state index contributed by atoms with van der Waals surface area (Å²) in [5, 5.41) is 3.38. The highest BCUT2D eigenvalue weighted by Gasteiger charge is 2.22. The van der Waals surface area contributed by atoms with E-state index in [9.17, 15) is 13.2 Å². The Morgan fingerprint density at radius 2 is 1.78 bits per heavy atom. The number of hydrogen-bond acceptors (Lipinski definition) is 4. The molecular formula is C20H18ClNO3S2. The number of aryl methyl sites for hydroxylation is 2. The standard InChI is InChI=1S/C20H18ClNO3S2/c1-3-14-6-4-5-13(2)19(14)22-20(23)17-11-12-18(26-17)27(24,25)16-9-7-15(21)8-10-16/h4-12H,3H2,1-2H3,(H,22,23). The molecule has 140 valence electrons. The van der Waals surface area contributed by atoms with Crippen LogP contribution in [0.1, 0.15) is 27.7 Å². The van der Waals surface area contributed by atoms with Crippen LogP contribution in [-0.2, 0) is 16.3 Å². The van der Waals surface area contributed by atoms with Gasteiger partial charge in [-0.05, 0) is 60.9 Å². The third kappa shape index (κ3) is 4.08. The van der Waals surface area contributed by atoms with E-state index in [-0.39, 0.29) is 15.0 Å². The third-order valence-electron chi connectivity index (χ3n) is 4.17. The Balaban J connectivity index is 1.88. The second-order valence-corrected chi connectivity index (χ2v) is 9.69. The smallest absolute Gasteiger partial charge is 0.265 e. The SMILES string of the molecule is CCc1cccc(C)c1NC(=O)c1ccc(S(=O)(=O)c2ccc(Cl)cc2)s1. The first-order valence-electron chi connectivity index (χ1n) is 8.33. The molecule has 3 rings (SSSR count). The van der Waals surface area contributed by atoms with Gasteiger partial charge in [-0.15, -0.1) is 11.3 Å². The first-order valence-corrected chi connectivity index (χ1v) is 11.0. The van der Waals surface area contributed by atoms with Gasteiger partial charge in [0.25, 0.3) is 5.91 Å². The molecule has 0 spiro atoms. The van der Waals surface area contributed by atoms with Crippen molar-refractivity contribution >= 4 is 44.4 Å². The molecule has 0 aliphatic rings. The Morgan fingerprint density at radius 3 is 2.44 bits per heavy atom. The lowest BCUT2D eigenvalue weighted by atomic mass is 10.1.